The van der Waals surface area contributed by atoms with Gasteiger partial charge in [-0.3, -0.25) is 4.79 Å². The van der Waals surface area contributed by atoms with Crippen LogP contribution in [0.15, 0.2) is 30.1 Å². The predicted octanol–water partition coefficient (Wildman–Crippen LogP) is 1.41. The Morgan fingerprint density at radius 2 is 2.16 bits per heavy atom. The number of rotatable bonds is 5. The van der Waals surface area contributed by atoms with Gasteiger partial charge in [-0.05, 0) is 19.1 Å². The molecular weight excluding hydrogens is 251 g/mol. The molecule has 1 rings (SSSR count). The largest absolute Gasteiger partial charge is 0.462 e. The zero-order valence-corrected chi connectivity index (χ0v) is 11.0. The normalized spacial score (nSPS) is 11.1. The van der Waals surface area contributed by atoms with Crippen LogP contribution in [0.4, 0.5) is 4.39 Å². The molecule has 1 aromatic heterocycles. The average Bonchev–Trinajstić information content (AvgIpc) is 2.36. The number of ether oxygens (including phenoxy) is 1. The molecule has 1 heterocycles. The molecule has 6 heteroatoms. The van der Waals surface area contributed by atoms with E-state index in [1.807, 2.05) is 0 Å². The Morgan fingerprint density at radius 3 is 2.68 bits per heavy atom. The van der Waals surface area contributed by atoms with Gasteiger partial charge in [-0.25, -0.2) is 14.2 Å². The molecule has 0 bridgehead atoms. The van der Waals surface area contributed by atoms with Crippen molar-refractivity contribution in [2.75, 3.05) is 20.7 Å². The van der Waals surface area contributed by atoms with E-state index in [2.05, 4.69) is 4.98 Å². The number of carbonyl (C=O) groups is 2. The molecule has 0 aliphatic carbocycles. The summed E-state index contributed by atoms with van der Waals surface area (Å²) < 4.78 is 18.3. The molecule has 0 spiro atoms. The van der Waals surface area contributed by atoms with Crippen LogP contribution in [0.3, 0.4) is 0 Å². The second-order valence-corrected chi connectivity index (χ2v) is 3.89. The van der Waals surface area contributed by atoms with Gasteiger partial charge in [0.25, 0.3) is 0 Å². The minimum atomic E-state index is -0.801. The van der Waals surface area contributed by atoms with Gasteiger partial charge in [0.05, 0.1) is 6.61 Å². The molecule has 0 saturated carbocycles. The second-order valence-electron chi connectivity index (χ2n) is 3.89. The first-order valence-corrected chi connectivity index (χ1v) is 5.68. The number of hydrogen-bond acceptors (Lipinski definition) is 5. The summed E-state index contributed by atoms with van der Waals surface area (Å²) in [6.45, 7) is 1.75. The summed E-state index contributed by atoms with van der Waals surface area (Å²) >= 11 is 0. The Labute approximate surface area is 110 Å². The third-order valence-corrected chi connectivity index (χ3v) is 2.10. The maximum Gasteiger partial charge on any atom is 0.343 e. The van der Waals surface area contributed by atoms with E-state index >= 15 is 0 Å². The van der Waals surface area contributed by atoms with E-state index < -0.39 is 23.3 Å². The summed E-state index contributed by atoms with van der Waals surface area (Å²) in [6.07, 6.45) is 2.57. The Balaban J connectivity index is 3.16. The molecule has 0 amide bonds. The van der Waals surface area contributed by atoms with E-state index in [9.17, 15) is 14.0 Å². The number of carbonyl (C=O) groups excluding carboxylic acids is 2. The van der Waals surface area contributed by atoms with Crippen LogP contribution in [0.1, 0.15) is 17.4 Å². The molecule has 0 aliphatic rings. The lowest BCUT2D eigenvalue weighted by molar-refractivity contribution is -0.138. The van der Waals surface area contributed by atoms with Crippen molar-refractivity contribution in [3.05, 3.63) is 41.6 Å². The SMILES string of the molecule is CCOC(=O)C(=CN(C)C)C(=O)c1ncccc1F. The molecule has 5 nitrogen and oxygen atoms in total. The van der Waals surface area contributed by atoms with E-state index in [4.69, 9.17) is 4.74 Å². The molecule has 19 heavy (non-hydrogen) atoms. The minimum Gasteiger partial charge on any atom is -0.462 e. The van der Waals surface area contributed by atoms with Crippen LogP contribution in [-0.2, 0) is 9.53 Å². The molecule has 0 radical (unpaired) electrons. The van der Waals surface area contributed by atoms with Crippen molar-refractivity contribution in [3.8, 4) is 0 Å². The number of halogens is 1. The third kappa shape index (κ3) is 3.87. The van der Waals surface area contributed by atoms with E-state index in [-0.39, 0.29) is 12.2 Å². The molecule has 1 aromatic rings. The van der Waals surface area contributed by atoms with Gasteiger partial charge in [0.2, 0.25) is 5.78 Å². The van der Waals surface area contributed by atoms with E-state index in [1.165, 1.54) is 23.4 Å². The fraction of sp³-hybridized carbons (Fsp3) is 0.308. The van der Waals surface area contributed by atoms with Crippen LogP contribution in [0, 0.1) is 5.82 Å². The summed E-state index contributed by atoms with van der Waals surface area (Å²) in [7, 11) is 3.28. The van der Waals surface area contributed by atoms with Gasteiger partial charge in [0.1, 0.15) is 11.3 Å². The summed E-state index contributed by atoms with van der Waals surface area (Å²) in [5, 5.41) is 0. The van der Waals surface area contributed by atoms with Gasteiger partial charge < -0.3 is 9.64 Å². The van der Waals surface area contributed by atoms with Crippen LogP contribution in [0.5, 0.6) is 0 Å². The number of ketones is 1. The predicted molar refractivity (Wildman–Crippen MR) is 66.9 cm³/mol. The van der Waals surface area contributed by atoms with Gasteiger partial charge in [0, 0.05) is 26.5 Å². The van der Waals surface area contributed by atoms with Gasteiger partial charge in [0.15, 0.2) is 5.82 Å². The highest BCUT2D eigenvalue weighted by Crippen LogP contribution is 2.12. The van der Waals surface area contributed by atoms with Crippen molar-refractivity contribution in [2.45, 2.75) is 6.92 Å². The van der Waals surface area contributed by atoms with Crippen LogP contribution in [0.25, 0.3) is 0 Å². The van der Waals surface area contributed by atoms with E-state index in [0.29, 0.717) is 0 Å². The first-order chi connectivity index (χ1) is 8.97. The van der Waals surface area contributed by atoms with Crippen LogP contribution < -0.4 is 0 Å². The lowest BCUT2D eigenvalue weighted by Crippen LogP contribution is -2.21. The molecule has 102 valence electrons. The van der Waals surface area contributed by atoms with Crippen molar-refractivity contribution < 1.29 is 18.7 Å². The first kappa shape index (κ1) is 14.8. The molecule has 0 fully saturated rings. The number of aromatic nitrogens is 1. The maximum atomic E-state index is 13.5. The van der Waals surface area contributed by atoms with Gasteiger partial charge in [-0.15, -0.1) is 0 Å². The highest BCUT2D eigenvalue weighted by Gasteiger charge is 2.25. The third-order valence-electron chi connectivity index (χ3n) is 2.10. The topological polar surface area (TPSA) is 59.5 Å². The van der Waals surface area contributed by atoms with Crippen molar-refractivity contribution >= 4 is 11.8 Å². The molecular formula is C13H15FN2O3. The Kier molecular flexibility index (Phi) is 5.17. The van der Waals surface area contributed by atoms with Crippen molar-refractivity contribution in [1.29, 1.82) is 0 Å². The fourth-order valence-electron chi connectivity index (χ4n) is 1.35. The van der Waals surface area contributed by atoms with Crippen LogP contribution >= 0.6 is 0 Å². The highest BCUT2D eigenvalue weighted by molar-refractivity contribution is 6.23. The van der Waals surface area contributed by atoms with Crippen LogP contribution in [0.2, 0.25) is 0 Å². The highest BCUT2D eigenvalue weighted by atomic mass is 19.1. The Bertz CT molecular complexity index is 512. The first-order valence-electron chi connectivity index (χ1n) is 5.68. The van der Waals surface area contributed by atoms with Gasteiger partial charge in [-0.2, -0.15) is 0 Å². The number of Topliss-reactive ketones (excluding diaryl/α,β-unsaturated/α-hetero) is 1. The van der Waals surface area contributed by atoms with Gasteiger partial charge in [-0.1, -0.05) is 0 Å². The zero-order chi connectivity index (χ0) is 14.4. The summed E-state index contributed by atoms with van der Waals surface area (Å²) in [4.78, 5) is 29.0. The number of esters is 1. The molecule has 0 aliphatic heterocycles. The maximum absolute atomic E-state index is 13.5. The molecule has 0 aromatic carbocycles. The fourth-order valence-corrected chi connectivity index (χ4v) is 1.35. The van der Waals surface area contributed by atoms with E-state index in [0.717, 1.165) is 6.07 Å². The molecule has 0 atom stereocenters. The summed E-state index contributed by atoms with van der Waals surface area (Å²) in [5.41, 5.74) is -0.659. The lowest BCUT2D eigenvalue weighted by atomic mass is 10.1. The molecule has 0 unspecified atom stereocenters. The number of nitrogens with zero attached hydrogens (tertiary/aromatic N) is 2. The minimum absolute atomic E-state index is 0.127. The lowest BCUT2D eigenvalue weighted by Gasteiger charge is -2.10. The number of pyridine rings is 1. The van der Waals surface area contributed by atoms with Crippen molar-refractivity contribution in [1.82, 2.24) is 9.88 Å². The van der Waals surface area contributed by atoms with Crippen molar-refractivity contribution in [2.24, 2.45) is 0 Å². The zero-order valence-electron chi connectivity index (χ0n) is 11.0. The van der Waals surface area contributed by atoms with Crippen LogP contribution in [-0.4, -0.2) is 42.3 Å². The van der Waals surface area contributed by atoms with Crippen molar-refractivity contribution in [3.63, 3.8) is 0 Å². The average molecular weight is 266 g/mol. The summed E-state index contributed by atoms with van der Waals surface area (Å²) in [6, 6.07) is 2.48. The second kappa shape index (κ2) is 6.63. The quantitative estimate of drug-likeness (QED) is 0.265. The monoisotopic (exact) mass is 266 g/mol. The molecule has 0 N–H and O–H groups in total. The summed E-state index contributed by atoms with van der Waals surface area (Å²) in [5.74, 6) is -2.38. The molecule has 0 saturated heterocycles. The Hall–Kier alpha value is -2.24. The van der Waals surface area contributed by atoms with E-state index in [1.54, 1.807) is 21.0 Å². The van der Waals surface area contributed by atoms with Gasteiger partial charge >= 0.3 is 5.97 Å². The Morgan fingerprint density at radius 1 is 1.47 bits per heavy atom. The smallest absolute Gasteiger partial charge is 0.343 e. The number of hydrogen-bond donors (Lipinski definition) is 0. The standard InChI is InChI=1S/C13H15FN2O3/c1-4-19-13(18)9(8-16(2)3)12(17)11-10(14)6-5-7-15-11/h5-8H,4H2,1-3H3.